The summed E-state index contributed by atoms with van der Waals surface area (Å²) in [7, 11) is 0. The maximum absolute atomic E-state index is 8.96. The Morgan fingerprint density at radius 2 is 2.27 bits per heavy atom. The molecule has 0 heterocycles. The number of aliphatic hydroxyl groups is 1. The van der Waals surface area contributed by atoms with Gasteiger partial charge in [-0.25, -0.2) is 0 Å². The van der Waals surface area contributed by atoms with Crippen LogP contribution in [0.3, 0.4) is 0 Å². The molecule has 1 nitrogen and oxygen atoms in total. The summed E-state index contributed by atoms with van der Waals surface area (Å²) < 4.78 is 0. The second-order valence-electron chi connectivity index (χ2n) is 3.42. The predicted octanol–water partition coefficient (Wildman–Crippen LogP) is 2.51. The van der Waals surface area contributed by atoms with Crippen LogP contribution in [-0.4, -0.2) is 11.7 Å². The van der Waals surface area contributed by atoms with Crippen molar-refractivity contribution in [2.24, 2.45) is 5.92 Å². The van der Waals surface area contributed by atoms with E-state index < -0.39 is 0 Å². The van der Waals surface area contributed by atoms with Crippen molar-refractivity contribution < 1.29 is 5.11 Å². The fraction of sp³-hybridized carbons (Fsp3) is 0.800. The maximum atomic E-state index is 8.96. The second-order valence-corrected chi connectivity index (χ2v) is 3.42. The minimum absolute atomic E-state index is 0.274. The SMILES string of the molecule is CCCC/C(=C\C1CC1)CO. The summed E-state index contributed by atoms with van der Waals surface area (Å²) in [6.45, 7) is 2.46. The van der Waals surface area contributed by atoms with Gasteiger partial charge in [0.05, 0.1) is 6.61 Å². The van der Waals surface area contributed by atoms with Crippen LogP contribution in [0, 0.1) is 5.92 Å². The molecule has 0 radical (unpaired) electrons. The molecular formula is C10H18O. The molecule has 0 atom stereocenters. The lowest BCUT2D eigenvalue weighted by Gasteiger charge is -2.01. The van der Waals surface area contributed by atoms with E-state index in [1.54, 1.807) is 0 Å². The number of hydrogen-bond donors (Lipinski definition) is 1. The fourth-order valence-corrected chi connectivity index (χ4v) is 1.22. The standard InChI is InChI=1S/C10H18O/c1-2-3-4-10(8-11)7-9-5-6-9/h7,9,11H,2-6,8H2,1H3/b10-7+. The Hall–Kier alpha value is -0.300. The average molecular weight is 154 g/mol. The molecule has 0 aromatic carbocycles. The molecular weight excluding hydrogens is 136 g/mol. The van der Waals surface area contributed by atoms with Crippen molar-refractivity contribution in [1.82, 2.24) is 0 Å². The number of allylic oxidation sites excluding steroid dienone is 1. The van der Waals surface area contributed by atoms with Crippen LogP contribution in [-0.2, 0) is 0 Å². The molecule has 1 N–H and O–H groups in total. The van der Waals surface area contributed by atoms with Gasteiger partial charge in [0.2, 0.25) is 0 Å². The van der Waals surface area contributed by atoms with Crippen LogP contribution in [0.5, 0.6) is 0 Å². The van der Waals surface area contributed by atoms with E-state index in [2.05, 4.69) is 13.0 Å². The zero-order valence-corrected chi connectivity index (χ0v) is 7.34. The van der Waals surface area contributed by atoms with Crippen LogP contribution in [0.25, 0.3) is 0 Å². The number of aliphatic hydroxyl groups excluding tert-OH is 1. The second kappa shape index (κ2) is 4.55. The first kappa shape index (κ1) is 8.79. The zero-order chi connectivity index (χ0) is 8.10. The molecule has 0 unspecified atom stereocenters. The van der Waals surface area contributed by atoms with Gasteiger partial charge in [-0.05, 0) is 37.2 Å². The van der Waals surface area contributed by atoms with Crippen LogP contribution in [0.1, 0.15) is 39.0 Å². The van der Waals surface area contributed by atoms with E-state index in [4.69, 9.17) is 5.11 Å². The summed E-state index contributed by atoms with van der Waals surface area (Å²) in [6, 6.07) is 0. The van der Waals surface area contributed by atoms with Gasteiger partial charge in [0.15, 0.2) is 0 Å². The highest BCUT2D eigenvalue weighted by Crippen LogP contribution is 2.31. The molecule has 0 amide bonds. The Balaban J connectivity index is 2.22. The van der Waals surface area contributed by atoms with Crippen LogP contribution < -0.4 is 0 Å². The van der Waals surface area contributed by atoms with Gasteiger partial charge in [0.25, 0.3) is 0 Å². The summed E-state index contributed by atoms with van der Waals surface area (Å²) in [5.74, 6) is 0.814. The van der Waals surface area contributed by atoms with Gasteiger partial charge >= 0.3 is 0 Å². The van der Waals surface area contributed by atoms with E-state index in [-0.39, 0.29) is 6.61 Å². The minimum Gasteiger partial charge on any atom is -0.392 e. The van der Waals surface area contributed by atoms with Gasteiger partial charge in [-0.2, -0.15) is 0 Å². The van der Waals surface area contributed by atoms with Crippen molar-refractivity contribution in [1.29, 1.82) is 0 Å². The van der Waals surface area contributed by atoms with Crippen molar-refractivity contribution in [2.75, 3.05) is 6.61 Å². The van der Waals surface area contributed by atoms with E-state index >= 15 is 0 Å². The summed E-state index contributed by atoms with van der Waals surface area (Å²) in [6.07, 6.45) is 8.51. The average Bonchev–Trinajstić information content (AvgIpc) is 2.81. The zero-order valence-electron chi connectivity index (χ0n) is 7.34. The molecule has 1 heteroatoms. The molecule has 0 bridgehead atoms. The van der Waals surface area contributed by atoms with E-state index in [0.29, 0.717) is 0 Å². The first-order valence-electron chi connectivity index (χ1n) is 4.67. The Morgan fingerprint density at radius 1 is 1.55 bits per heavy atom. The molecule has 0 aromatic heterocycles. The van der Waals surface area contributed by atoms with Crippen molar-refractivity contribution >= 4 is 0 Å². The highest BCUT2D eigenvalue weighted by Gasteiger charge is 2.18. The Labute approximate surface area is 69.1 Å². The summed E-state index contributed by atoms with van der Waals surface area (Å²) in [5, 5.41) is 8.96. The van der Waals surface area contributed by atoms with E-state index in [0.717, 1.165) is 12.3 Å². The highest BCUT2D eigenvalue weighted by molar-refractivity contribution is 5.08. The molecule has 0 spiro atoms. The topological polar surface area (TPSA) is 20.2 Å². The van der Waals surface area contributed by atoms with Crippen molar-refractivity contribution in [3.63, 3.8) is 0 Å². The van der Waals surface area contributed by atoms with Crippen LogP contribution in [0.15, 0.2) is 11.6 Å². The first-order valence-corrected chi connectivity index (χ1v) is 4.67. The molecule has 64 valence electrons. The molecule has 1 rings (SSSR count). The molecule has 1 aliphatic carbocycles. The first-order chi connectivity index (χ1) is 5.36. The van der Waals surface area contributed by atoms with E-state index in [9.17, 15) is 0 Å². The third kappa shape index (κ3) is 3.57. The van der Waals surface area contributed by atoms with E-state index in [1.165, 1.54) is 31.3 Å². The van der Waals surface area contributed by atoms with Gasteiger partial charge in [0, 0.05) is 0 Å². The lowest BCUT2D eigenvalue weighted by molar-refractivity contribution is 0.325. The minimum atomic E-state index is 0.274. The third-order valence-corrected chi connectivity index (χ3v) is 2.15. The maximum Gasteiger partial charge on any atom is 0.0641 e. The molecule has 11 heavy (non-hydrogen) atoms. The predicted molar refractivity (Wildman–Crippen MR) is 47.4 cm³/mol. The molecule has 0 aliphatic heterocycles. The monoisotopic (exact) mass is 154 g/mol. The number of rotatable bonds is 5. The molecule has 1 aliphatic rings. The summed E-state index contributed by atoms with van der Waals surface area (Å²) in [4.78, 5) is 0. The molecule has 0 saturated heterocycles. The summed E-state index contributed by atoms with van der Waals surface area (Å²) >= 11 is 0. The van der Waals surface area contributed by atoms with Gasteiger partial charge in [0.1, 0.15) is 0 Å². The van der Waals surface area contributed by atoms with Crippen LogP contribution >= 0.6 is 0 Å². The molecule has 1 fully saturated rings. The van der Waals surface area contributed by atoms with Gasteiger partial charge in [-0.15, -0.1) is 0 Å². The molecule has 1 saturated carbocycles. The van der Waals surface area contributed by atoms with E-state index in [1.807, 2.05) is 0 Å². The van der Waals surface area contributed by atoms with Crippen molar-refractivity contribution in [3.05, 3.63) is 11.6 Å². The summed E-state index contributed by atoms with van der Waals surface area (Å²) in [5.41, 5.74) is 1.26. The van der Waals surface area contributed by atoms with Crippen molar-refractivity contribution in [2.45, 2.75) is 39.0 Å². The lowest BCUT2D eigenvalue weighted by Crippen LogP contribution is -1.91. The third-order valence-electron chi connectivity index (χ3n) is 2.15. The van der Waals surface area contributed by atoms with Gasteiger partial charge in [-0.1, -0.05) is 19.4 Å². The van der Waals surface area contributed by atoms with Gasteiger partial charge in [-0.3, -0.25) is 0 Å². The Bertz CT molecular complexity index is 134. The van der Waals surface area contributed by atoms with Crippen molar-refractivity contribution in [3.8, 4) is 0 Å². The van der Waals surface area contributed by atoms with Crippen LogP contribution in [0.4, 0.5) is 0 Å². The number of hydrogen-bond acceptors (Lipinski definition) is 1. The molecule has 0 aromatic rings. The quantitative estimate of drug-likeness (QED) is 0.603. The largest absolute Gasteiger partial charge is 0.392 e. The Kier molecular flexibility index (Phi) is 3.64. The smallest absolute Gasteiger partial charge is 0.0641 e. The lowest BCUT2D eigenvalue weighted by atomic mass is 10.1. The highest BCUT2D eigenvalue weighted by atomic mass is 16.3. The van der Waals surface area contributed by atoms with Crippen LogP contribution in [0.2, 0.25) is 0 Å². The fourth-order valence-electron chi connectivity index (χ4n) is 1.22. The van der Waals surface area contributed by atoms with Gasteiger partial charge < -0.3 is 5.11 Å². The Morgan fingerprint density at radius 3 is 2.73 bits per heavy atom. The normalized spacial score (nSPS) is 18.9. The number of unbranched alkanes of at least 4 members (excludes halogenated alkanes) is 1.